The maximum Gasteiger partial charge on any atom is 0.326 e. The summed E-state index contributed by atoms with van der Waals surface area (Å²) in [6.07, 6.45) is 6.95. The Kier molecular flexibility index (Phi) is 4.88. The highest BCUT2D eigenvalue weighted by Gasteiger charge is 2.32. The highest BCUT2D eigenvalue weighted by molar-refractivity contribution is 5.96. The molecule has 1 aliphatic heterocycles. The van der Waals surface area contributed by atoms with Crippen molar-refractivity contribution < 1.29 is 19.5 Å². The molecule has 1 fully saturated rings. The van der Waals surface area contributed by atoms with Gasteiger partial charge in [-0.3, -0.25) is 14.6 Å². The summed E-state index contributed by atoms with van der Waals surface area (Å²) in [5, 5.41) is 11.6. The Labute approximate surface area is 127 Å². The number of carbonyl (C=O) groups excluding carboxylic acids is 2. The lowest BCUT2D eigenvalue weighted by Gasteiger charge is -2.19. The Morgan fingerprint density at radius 3 is 2.86 bits per heavy atom. The van der Waals surface area contributed by atoms with Gasteiger partial charge in [0.05, 0.1) is 5.56 Å². The minimum Gasteiger partial charge on any atom is -0.480 e. The van der Waals surface area contributed by atoms with Crippen LogP contribution >= 0.6 is 0 Å². The van der Waals surface area contributed by atoms with Gasteiger partial charge in [-0.05, 0) is 30.5 Å². The molecule has 0 bridgehead atoms. The van der Waals surface area contributed by atoms with Crippen LogP contribution in [0.15, 0.2) is 24.5 Å². The molecule has 116 valence electrons. The van der Waals surface area contributed by atoms with Crippen molar-refractivity contribution in [1.29, 1.82) is 0 Å². The van der Waals surface area contributed by atoms with Gasteiger partial charge in [-0.1, -0.05) is 0 Å². The van der Waals surface area contributed by atoms with Gasteiger partial charge in [-0.2, -0.15) is 0 Å². The van der Waals surface area contributed by atoms with Crippen molar-refractivity contribution in [1.82, 2.24) is 15.2 Å². The second-order valence-electron chi connectivity index (χ2n) is 4.95. The van der Waals surface area contributed by atoms with Crippen LogP contribution in [-0.4, -0.2) is 52.4 Å². The van der Waals surface area contributed by atoms with Crippen molar-refractivity contribution in [3.05, 3.63) is 35.7 Å². The molecule has 1 aromatic rings. The predicted molar refractivity (Wildman–Crippen MR) is 79.0 cm³/mol. The van der Waals surface area contributed by atoms with Gasteiger partial charge in [0.1, 0.15) is 6.04 Å². The molecule has 1 unspecified atom stereocenters. The largest absolute Gasteiger partial charge is 0.480 e. The van der Waals surface area contributed by atoms with E-state index in [2.05, 4.69) is 10.3 Å². The third kappa shape index (κ3) is 3.49. The topological polar surface area (TPSA) is 99.6 Å². The molecule has 0 saturated carbocycles. The summed E-state index contributed by atoms with van der Waals surface area (Å²) in [7, 11) is 1.52. The van der Waals surface area contributed by atoms with Gasteiger partial charge in [0.15, 0.2) is 0 Å². The quantitative estimate of drug-likeness (QED) is 0.790. The molecule has 1 aromatic heterocycles. The molecule has 7 heteroatoms. The molecule has 1 saturated heterocycles. The molecule has 2 N–H and O–H groups in total. The van der Waals surface area contributed by atoms with Crippen LogP contribution in [0.5, 0.6) is 0 Å². The van der Waals surface area contributed by atoms with E-state index in [-0.39, 0.29) is 11.8 Å². The Morgan fingerprint density at radius 1 is 1.41 bits per heavy atom. The third-order valence-electron chi connectivity index (χ3n) is 3.49. The zero-order chi connectivity index (χ0) is 16.1. The first-order valence-corrected chi connectivity index (χ1v) is 6.91. The Balaban J connectivity index is 2.10. The highest BCUT2D eigenvalue weighted by Crippen LogP contribution is 2.18. The molecular formula is C15H17N3O4. The van der Waals surface area contributed by atoms with Crippen molar-refractivity contribution in [2.24, 2.45) is 0 Å². The van der Waals surface area contributed by atoms with Gasteiger partial charge in [0.25, 0.3) is 5.91 Å². The number of hydrogen-bond acceptors (Lipinski definition) is 4. The van der Waals surface area contributed by atoms with Crippen molar-refractivity contribution in [3.8, 4) is 0 Å². The van der Waals surface area contributed by atoms with Gasteiger partial charge in [-0.25, -0.2) is 4.79 Å². The number of rotatable bonds is 4. The lowest BCUT2D eigenvalue weighted by atomic mass is 10.2. The predicted octanol–water partition coefficient (Wildman–Crippen LogP) is 0.530. The molecule has 2 amide bonds. The van der Waals surface area contributed by atoms with Gasteiger partial charge >= 0.3 is 5.97 Å². The molecular weight excluding hydrogens is 286 g/mol. The van der Waals surface area contributed by atoms with Crippen LogP contribution in [0, 0.1) is 0 Å². The summed E-state index contributed by atoms with van der Waals surface area (Å²) in [4.78, 5) is 40.0. The van der Waals surface area contributed by atoms with Crippen LogP contribution < -0.4 is 5.32 Å². The maximum atomic E-state index is 12.1. The van der Waals surface area contributed by atoms with Crippen LogP contribution in [0.3, 0.4) is 0 Å². The molecule has 2 heterocycles. The average molecular weight is 303 g/mol. The van der Waals surface area contributed by atoms with Crippen molar-refractivity contribution in [2.75, 3.05) is 13.6 Å². The summed E-state index contributed by atoms with van der Waals surface area (Å²) in [5.41, 5.74) is 0.988. The zero-order valence-corrected chi connectivity index (χ0v) is 12.2. The van der Waals surface area contributed by atoms with Crippen molar-refractivity contribution >= 4 is 23.9 Å². The first-order chi connectivity index (χ1) is 10.5. The van der Waals surface area contributed by atoms with E-state index in [0.717, 1.165) is 0 Å². The fourth-order valence-corrected chi connectivity index (χ4v) is 2.37. The maximum absolute atomic E-state index is 12.1. The third-order valence-corrected chi connectivity index (χ3v) is 3.49. The van der Waals surface area contributed by atoms with E-state index in [1.807, 2.05) is 0 Å². The minimum absolute atomic E-state index is 0.264. The summed E-state index contributed by atoms with van der Waals surface area (Å²) in [6.45, 7) is 0.441. The SMILES string of the molecule is CNC(=O)c1cncc(/C=C/C(=O)N2CCCC2C(=O)O)c1. The van der Waals surface area contributed by atoms with Crippen LogP contribution in [0.2, 0.25) is 0 Å². The molecule has 1 atom stereocenters. The van der Waals surface area contributed by atoms with E-state index in [4.69, 9.17) is 5.11 Å². The number of hydrogen-bond donors (Lipinski definition) is 2. The number of nitrogens with one attached hydrogen (secondary N) is 1. The van der Waals surface area contributed by atoms with Crippen molar-refractivity contribution in [3.63, 3.8) is 0 Å². The number of nitrogens with zero attached hydrogens (tertiary/aromatic N) is 2. The molecule has 0 radical (unpaired) electrons. The number of pyridine rings is 1. The standard InChI is InChI=1S/C15H17N3O4/c1-16-14(20)11-7-10(8-17-9-11)4-5-13(19)18-6-2-3-12(18)15(21)22/h4-5,7-9,12H,2-3,6H2,1H3,(H,16,20)(H,21,22)/b5-4+. The normalized spacial score (nSPS) is 17.7. The zero-order valence-electron chi connectivity index (χ0n) is 12.2. The van der Waals surface area contributed by atoms with E-state index in [0.29, 0.717) is 30.5 Å². The number of aliphatic carboxylic acids is 1. The van der Waals surface area contributed by atoms with E-state index >= 15 is 0 Å². The van der Waals surface area contributed by atoms with E-state index in [9.17, 15) is 14.4 Å². The van der Waals surface area contributed by atoms with Gasteiger partial charge < -0.3 is 15.3 Å². The van der Waals surface area contributed by atoms with Gasteiger partial charge in [0.2, 0.25) is 5.91 Å². The fourth-order valence-electron chi connectivity index (χ4n) is 2.37. The molecule has 0 aromatic carbocycles. The van der Waals surface area contributed by atoms with Crippen LogP contribution in [0.1, 0.15) is 28.8 Å². The number of amides is 2. The van der Waals surface area contributed by atoms with Crippen LogP contribution in [-0.2, 0) is 9.59 Å². The van der Waals surface area contributed by atoms with Crippen molar-refractivity contribution in [2.45, 2.75) is 18.9 Å². The first kappa shape index (κ1) is 15.7. The fraction of sp³-hybridized carbons (Fsp3) is 0.333. The summed E-state index contributed by atoms with van der Waals surface area (Å²) >= 11 is 0. The Hall–Kier alpha value is -2.70. The summed E-state index contributed by atoms with van der Waals surface area (Å²) < 4.78 is 0. The Morgan fingerprint density at radius 2 is 2.18 bits per heavy atom. The lowest BCUT2D eigenvalue weighted by molar-refractivity contribution is -0.146. The second-order valence-corrected chi connectivity index (χ2v) is 4.95. The molecule has 1 aliphatic rings. The lowest BCUT2D eigenvalue weighted by Crippen LogP contribution is -2.39. The number of carboxylic acid groups (broad SMARTS) is 1. The molecule has 22 heavy (non-hydrogen) atoms. The first-order valence-electron chi connectivity index (χ1n) is 6.91. The molecule has 0 spiro atoms. The highest BCUT2D eigenvalue weighted by atomic mass is 16.4. The second kappa shape index (κ2) is 6.84. The number of carbonyl (C=O) groups is 3. The van der Waals surface area contributed by atoms with Crippen LogP contribution in [0.25, 0.3) is 6.08 Å². The minimum atomic E-state index is -0.984. The van der Waals surface area contributed by atoms with E-state index in [1.165, 1.54) is 36.5 Å². The Bertz CT molecular complexity index is 627. The van der Waals surface area contributed by atoms with Crippen LogP contribution in [0.4, 0.5) is 0 Å². The smallest absolute Gasteiger partial charge is 0.326 e. The number of likely N-dealkylation sites (tertiary alicyclic amines) is 1. The molecule has 0 aliphatic carbocycles. The van der Waals surface area contributed by atoms with Gasteiger partial charge in [-0.15, -0.1) is 0 Å². The molecule has 2 rings (SSSR count). The number of carboxylic acids is 1. The van der Waals surface area contributed by atoms with E-state index in [1.54, 1.807) is 6.07 Å². The summed E-state index contributed by atoms with van der Waals surface area (Å²) in [6, 6.07) is 0.848. The van der Waals surface area contributed by atoms with Gasteiger partial charge in [0, 0.05) is 32.1 Å². The number of aromatic nitrogens is 1. The average Bonchev–Trinajstić information content (AvgIpc) is 3.02. The monoisotopic (exact) mass is 303 g/mol. The van der Waals surface area contributed by atoms with E-state index < -0.39 is 12.0 Å². The molecule has 7 nitrogen and oxygen atoms in total. The summed E-state index contributed by atoms with van der Waals surface area (Å²) in [5.74, 6) is -1.60.